The number of benzene rings is 1. The Labute approximate surface area is 94.8 Å². The number of ether oxygens (including phenoxy) is 2. The minimum Gasteiger partial charge on any atom is -0.496 e. The van der Waals surface area contributed by atoms with E-state index >= 15 is 0 Å². The van der Waals surface area contributed by atoms with Crippen LogP contribution in [-0.4, -0.2) is 25.9 Å². The second-order valence-corrected chi connectivity index (χ2v) is 3.48. The molecule has 0 heterocycles. The lowest BCUT2D eigenvalue weighted by atomic mass is 10.0. The fourth-order valence-electron chi connectivity index (χ4n) is 1.58. The highest BCUT2D eigenvalue weighted by atomic mass is 19.1. The molecule has 4 heteroatoms. The fourth-order valence-corrected chi connectivity index (χ4v) is 1.58. The van der Waals surface area contributed by atoms with Gasteiger partial charge in [-0.1, -0.05) is 6.07 Å². The summed E-state index contributed by atoms with van der Waals surface area (Å²) in [6, 6.07) is 3.41. The Kier molecular flexibility index (Phi) is 5.22. The van der Waals surface area contributed by atoms with E-state index in [0.29, 0.717) is 29.7 Å². The van der Waals surface area contributed by atoms with Crippen LogP contribution < -0.4 is 4.74 Å². The van der Waals surface area contributed by atoms with Crippen LogP contribution in [0.2, 0.25) is 0 Å². The van der Waals surface area contributed by atoms with Gasteiger partial charge in [0, 0.05) is 13.7 Å². The maximum Gasteiger partial charge on any atom is 0.135 e. The van der Waals surface area contributed by atoms with Crippen molar-refractivity contribution < 1.29 is 19.0 Å². The molecular formula is C12H17FO3. The molecule has 3 nitrogen and oxygen atoms in total. The van der Waals surface area contributed by atoms with Gasteiger partial charge < -0.3 is 14.6 Å². The average Bonchev–Trinajstić information content (AvgIpc) is 2.30. The van der Waals surface area contributed by atoms with Gasteiger partial charge in [0.25, 0.3) is 0 Å². The van der Waals surface area contributed by atoms with E-state index in [1.165, 1.54) is 14.2 Å². The summed E-state index contributed by atoms with van der Waals surface area (Å²) in [5.41, 5.74) is 1.02. The molecule has 0 unspecified atom stereocenters. The lowest BCUT2D eigenvalue weighted by molar-refractivity contribution is 0.177. The van der Waals surface area contributed by atoms with Crippen LogP contribution in [0.1, 0.15) is 17.5 Å². The van der Waals surface area contributed by atoms with Crippen molar-refractivity contribution in [2.75, 3.05) is 20.8 Å². The molecular weight excluding hydrogens is 211 g/mol. The molecule has 0 aliphatic rings. The zero-order valence-electron chi connectivity index (χ0n) is 9.62. The standard InChI is InChI=1S/C12H17FO3/c1-15-8-10-11(16-2)6-5-9(12(10)13)4-3-7-14/h5-6,14H,3-4,7-8H2,1-2H3. The molecule has 1 N–H and O–H groups in total. The Hall–Kier alpha value is -1.13. The lowest BCUT2D eigenvalue weighted by Crippen LogP contribution is -2.02. The van der Waals surface area contributed by atoms with E-state index in [0.717, 1.165) is 0 Å². The Morgan fingerprint density at radius 1 is 1.31 bits per heavy atom. The van der Waals surface area contributed by atoms with Crippen molar-refractivity contribution in [2.45, 2.75) is 19.4 Å². The number of aliphatic hydroxyl groups excluding tert-OH is 1. The minimum atomic E-state index is -0.297. The van der Waals surface area contributed by atoms with E-state index in [1.54, 1.807) is 12.1 Å². The predicted octanol–water partition coefficient (Wildman–Crippen LogP) is 1.91. The normalized spacial score (nSPS) is 10.5. The van der Waals surface area contributed by atoms with Gasteiger partial charge in [0.05, 0.1) is 19.3 Å². The van der Waals surface area contributed by atoms with Gasteiger partial charge in [0.2, 0.25) is 0 Å². The van der Waals surface area contributed by atoms with Crippen molar-refractivity contribution in [3.63, 3.8) is 0 Å². The quantitative estimate of drug-likeness (QED) is 0.808. The van der Waals surface area contributed by atoms with Crippen molar-refractivity contribution in [3.8, 4) is 5.75 Å². The maximum atomic E-state index is 14.0. The van der Waals surface area contributed by atoms with Gasteiger partial charge >= 0.3 is 0 Å². The van der Waals surface area contributed by atoms with Crippen LogP contribution >= 0.6 is 0 Å². The van der Waals surface area contributed by atoms with E-state index in [9.17, 15) is 4.39 Å². The van der Waals surface area contributed by atoms with Crippen LogP contribution in [0.5, 0.6) is 5.75 Å². The third-order valence-electron chi connectivity index (χ3n) is 2.39. The number of aryl methyl sites for hydroxylation is 1. The first-order valence-electron chi connectivity index (χ1n) is 5.18. The van der Waals surface area contributed by atoms with Crippen LogP contribution in [0, 0.1) is 5.82 Å². The molecule has 0 aliphatic heterocycles. The third kappa shape index (κ3) is 2.93. The lowest BCUT2D eigenvalue weighted by Gasteiger charge is -2.12. The highest BCUT2D eigenvalue weighted by Crippen LogP contribution is 2.25. The minimum absolute atomic E-state index is 0.0606. The molecule has 90 valence electrons. The molecule has 0 radical (unpaired) electrons. The molecule has 1 aromatic carbocycles. The van der Waals surface area contributed by atoms with E-state index in [2.05, 4.69) is 0 Å². The van der Waals surface area contributed by atoms with E-state index in [-0.39, 0.29) is 19.0 Å². The van der Waals surface area contributed by atoms with E-state index in [1.807, 2.05) is 0 Å². The largest absolute Gasteiger partial charge is 0.496 e. The number of methoxy groups -OCH3 is 2. The second kappa shape index (κ2) is 6.45. The van der Waals surface area contributed by atoms with Gasteiger partial charge in [-0.2, -0.15) is 0 Å². The number of aliphatic hydroxyl groups is 1. The Morgan fingerprint density at radius 2 is 2.06 bits per heavy atom. The molecule has 0 aromatic heterocycles. The molecule has 0 spiro atoms. The van der Waals surface area contributed by atoms with Crippen LogP contribution in [0.25, 0.3) is 0 Å². The van der Waals surface area contributed by atoms with Crippen molar-refractivity contribution in [2.24, 2.45) is 0 Å². The Morgan fingerprint density at radius 3 is 2.62 bits per heavy atom. The number of halogens is 1. The SMILES string of the molecule is COCc1c(OC)ccc(CCCO)c1F. The first kappa shape index (κ1) is 12.9. The molecule has 1 aromatic rings. The third-order valence-corrected chi connectivity index (χ3v) is 2.39. The smallest absolute Gasteiger partial charge is 0.135 e. The van der Waals surface area contributed by atoms with Crippen LogP contribution in [0.4, 0.5) is 4.39 Å². The zero-order valence-corrected chi connectivity index (χ0v) is 9.62. The molecule has 0 bridgehead atoms. The molecule has 0 aliphatic carbocycles. The molecule has 0 saturated carbocycles. The van der Waals surface area contributed by atoms with Gasteiger partial charge in [0.1, 0.15) is 11.6 Å². The second-order valence-electron chi connectivity index (χ2n) is 3.48. The summed E-state index contributed by atoms with van der Waals surface area (Å²) < 4.78 is 24.0. The fraction of sp³-hybridized carbons (Fsp3) is 0.500. The van der Waals surface area contributed by atoms with Crippen LogP contribution in [-0.2, 0) is 17.8 Å². The zero-order chi connectivity index (χ0) is 12.0. The predicted molar refractivity (Wildman–Crippen MR) is 59.1 cm³/mol. The summed E-state index contributed by atoms with van der Waals surface area (Å²) in [6.07, 6.45) is 1.07. The van der Waals surface area contributed by atoms with Crippen molar-refractivity contribution in [1.82, 2.24) is 0 Å². The highest BCUT2D eigenvalue weighted by molar-refractivity contribution is 5.38. The summed E-state index contributed by atoms with van der Waals surface area (Å²) in [5.74, 6) is 0.196. The Balaban J connectivity index is 3.00. The first-order chi connectivity index (χ1) is 7.74. The number of hydrogen-bond donors (Lipinski definition) is 1. The molecule has 0 fully saturated rings. The van der Waals surface area contributed by atoms with E-state index < -0.39 is 0 Å². The summed E-state index contributed by atoms with van der Waals surface area (Å²) in [7, 11) is 3.01. The highest BCUT2D eigenvalue weighted by Gasteiger charge is 2.13. The van der Waals surface area contributed by atoms with E-state index in [4.69, 9.17) is 14.6 Å². The van der Waals surface area contributed by atoms with Crippen molar-refractivity contribution in [3.05, 3.63) is 29.1 Å². The number of rotatable bonds is 6. The monoisotopic (exact) mass is 228 g/mol. The van der Waals surface area contributed by atoms with Crippen LogP contribution in [0.3, 0.4) is 0 Å². The van der Waals surface area contributed by atoms with Gasteiger partial charge in [-0.3, -0.25) is 0 Å². The van der Waals surface area contributed by atoms with Gasteiger partial charge in [-0.15, -0.1) is 0 Å². The molecule has 0 amide bonds. The average molecular weight is 228 g/mol. The van der Waals surface area contributed by atoms with Gasteiger partial charge in [-0.05, 0) is 24.5 Å². The topological polar surface area (TPSA) is 38.7 Å². The van der Waals surface area contributed by atoms with Gasteiger partial charge in [-0.25, -0.2) is 4.39 Å². The van der Waals surface area contributed by atoms with Crippen molar-refractivity contribution >= 4 is 0 Å². The molecule has 16 heavy (non-hydrogen) atoms. The van der Waals surface area contributed by atoms with Crippen molar-refractivity contribution in [1.29, 1.82) is 0 Å². The van der Waals surface area contributed by atoms with Gasteiger partial charge in [0.15, 0.2) is 0 Å². The summed E-state index contributed by atoms with van der Waals surface area (Å²) in [5, 5.41) is 8.72. The summed E-state index contributed by atoms with van der Waals surface area (Å²) >= 11 is 0. The molecule has 0 atom stereocenters. The van der Waals surface area contributed by atoms with Crippen LogP contribution in [0.15, 0.2) is 12.1 Å². The molecule has 0 saturated heterocycles. The Bertz CT molecular complexity index is 339. The number of hydrogen-bond acceptors (Lipinski definition) is 3. The first-order valence-corrected chi connectivity index (χ1v) is 5.18. The maximum absolute atomic E-state index is 14.0. The summed E-state index contributed by atoms with van der Waals surface area (Å²) in [4.78, 5) is 0. The molecule has 1 rings (SSSR count). The summed E-state index contributed by atoms with van der Waals surface area (Å²) in [6.45, 7) is 0.243.